The minimum absolute atomic E-state index is 0.0928. The number of rotatable bonds is 9. The Morgan fingerprint density at radius 2 is 1.90 bits per heavy atom. The summed E-state index contributed by atoms with van der Waals surface area (Å²) in [7, 11) is 0. The Labute approximate surface area is 167 Å². The molecule has 9 heteroatoms. The van der Waals surface area contributed by atoms with E-state index in [1.165, 1.54) is 6.07 Å². The van der Waals surface area contributed by atoms with E-state index < -0.39 is 10.8 Å². The van der Waals surface area contributed by atoms with Crippen LogP contribution in [-0.2, 0) is 4.79 Å². The van der Waals surface area contributed by atoms with Gasteiger partial charge in [0, 0.05) is 29.9 Å². The Bertz CT molecular complexity index is 910. The number of nitro benzene ring substituents is 1. The molecule has 3 N–H and O–H groups in total. The summed E-state index contributed by atoms with van der Waals surface area (Å²) in [5.41, 5.74) is 0.985. The second-order valence-electron chi connectivity index (χ2n) is 6.63. The summed E-state index contributed by atoms with van der Waals surface area (Å²) in [5, 5.41) is 19.8. The number of nitro groups is 1. The molecular weight excluding hydrogens is 376 g/mol. The van der Waals surface area contributed by atoms with Gasteiger partial charge >= 0.3 is 0 Å². The van der Waals surface area contributed by atoms with Crippen LogP contribution in [0.1, 0.15) is 30.1 Å². The molecule has 2 aromatic rings. The maximum atomic E-state index is 12.5. The van der Waals surface area contributed by atoms with Crippen LogP contribution in [0, 0.1) is 10.1 Å². The molecular formula is C20H22N4O5. The average molecular weight is 398 g/mol. The van der Waals surface area contributed by atoms with Gasteiger partial charge in [-0.25, -0.2) is 0 Å². The van der Waals surface area contributed by atoms with Crippen molar-refractivity contribution in [2.45, 2.75) is 25.8 Å². The van der Waals surface area contributed by atoms with Crippen LogP contribution in [0.5, 0.6) is 5.75 Å². The van der Waals surface area contributed by atoms with E-state index >= 15 is 0 Å². The summed E-state index contributed by atoms with van der Waals surface area (Å²) < 4.78 is 5.35. The molecule has 29 heavy (non-hydrogen) atoms. The van der Waals surface area contributed by atoms with Gasteiger partial charge in [-0.3, -0.25) is 19.7 Å². The number of amides is 2. The molecule has 0 heterocycles. The smallest absolute Gasteiger partial charge is 0.293 e. The standard InChI is InChI=1S/C20H22N4O5/c1-2-21-19(25)12-29-16-8-6-15(7-9-16)23-20(26)13-3-10-17(22-14-4-5-14)18(11-13)24(27)28/h3,6-11,14,22H,2,4-5,12H2,1H3,(H,21,25)(H,23,26). The van der Waals surface area contributed by atoms with Gasteiger partial charge in [0.2, 0.25) is 0 Å². The van der Waals surface area contributed by atoms with Crippen LogP contribution in [0.15, 0.2) is 42.5 Å². The number of benzene rings is 2. The summed E-state index contributed by atoms with van der Waals surface area (Å²) in [4.78, 5) is 34.7. The van der Waals surface area contributed by atoms with Crippen molar-refractivity contribution in [3.63, 3.8) is 0 Å². The number of hydrogen-bond acceptors (Lipinski definition) is 6. The van der Waals surface area contributed by atoms with Crippen LogP contribution < -0.4 is 20.7 Å². The van der Waals surface area contributed by atoms with Crippen LogP contribution in [0.2, 0.25) is 0 Å². The molecule has 1 fully saturated rings. The highest BCUT2D eigenvalue weighted by atomic mass is 16.6. The Kier molecular flexibility index (Phi) is 6.28. The number of carbonyl (C=O) groups excluding carboxylic acids is 2. The first-order valence-corrected chi connectivity index (χ1v) is 9.32. The molecule has 0 saturated heterocycles. The fourth-order valence-corrected chi connectivity index (χ4v) is 2.63. The number of anilines is 2. The van der Waals surface area contributed by atoms with Crippen LogP contribution in [0.3, 0.4) is 0 Å². The van der Waals surface area contributed by atoms with E-state index in [1.54, 1.807) is 36.4 Å². The third kappa shape index (κ3) is 5.68. The van der Waals surface area contributed by atoms with Gasteiger partial charge in [0.25, 0.3) is 17.5 Å². The van der Waals surface area contributed by atoms with Crippen molar-refractivity contribution in [1.29, 1.82) is 0 Å². The molecule has 0 spiro atoms. The Balaban J connectivity index is 1.62. The van der Waals surface area contributed by atoms with Crippen LogP contribution in [0.4, 0.5) is 17.1 Å². The quantitative estimate of drug-likeness (QED) is 0.441. The second kappa shape index (κ2) is 9.05. The van der Waals surface area contributed by atoms with E-state index in [0.717, 1.165) is 12.8 Å². The number of likely N-dealkylation sites (N-methyl/N-ethyl adjacent to an activating group) is 1. The van der Waals surface area contributed by atoms with Crippen LogP contribution in [-0.4, -0.2) is 35.9 Å². The van der Waals surface area contributed by atoms with Crippen molar-refractivity contribution < 1.29 is 19.2 Å². The first-order valence-electron chi connectivity index (χ1n) is 9.32. The zero-order valence-electron chi connectivity index (χ0n) is 15.9. The molecule has 2 aromatic carbocycles. The molecule has 3 rings (SSSR count). The first-order chi connectivity index (χ1) is 14.0. The van der Waals surface area contributed by atoms with Crippen molar-refractivity contribution in [2.75, 3.05) is 23.8 Å². The summed E-state index contributed by atoms with van der Waals surface area (Å²) in [5.74, 6) is -0.187. The third-order valence-corrected chi connectivity index (χ3v) is 4.25. The van der Waals surface area contributed by atoms with Gasteiger partial charge in [-0.2, -0.15) is 0 Å². The van der Waals surface area contributed by atoms with Crippen molar-refractivity contribution in [1.82, 2.24) is 5.32 Å². The Hall–Kier alpha value is -3.62. The molecule has 0 aliphatic heterocycles. The third-order valence-electron chi connectivity index (χ3n) is 4.25. The van der Waals surface area contributed by atoms with Crippen molar-refractivity contribution in [3.8, 4) is 5.75 Å². The van der Waals surface area contributed by atoms with Gasteiger partial charge in [-0.1, -0.05) is 0 Å². The molecule has 9 nitrogen and oxygen atoms in total. The van der Waals surface area contributed by atoms with Gasteiger partial charge in [0.1, 0.15) is 11.4 Å². The predicted octanol–water partition coefficient (Wildman–Crippen LogP) is 2.94. The lowest BCUT2D eigenvalue weighted by Gasteiger charge is -2.10. The number of carbonyl (C=O) groups is 2. The molecule has 0 bridgehead atoms. The fraction of sp³-hybridized carbons (Fsp3) is 0.300. The minimum Gasteiger partial charge on any atom is -0.484 e. The SMILES string of the molecule is CCNC(=O)COc1ccc(NC(=O)c2ccc(NC3CC3)c([N+](=O)[O-])c2)cc1. The lowest BCUT2D eigenvalue weighted by molar-refractivity contribution is -0.384. The number of nitrogens with zero attached hydrogens (tertiary/aromatic N) is 1. The molecule has 0 aromatic heterocycles. The monoisotopic (exact) mass is 398 g/mol. The molecule has 1 saturated carbocycles. The van der Waals surface area contributed by atoms with E-state index in [4.69, 9.17) is 4.74 Å². The number of nitrogens with one attached hydrogen (secondary N) is 3. The van der Waals surface area contributed by atoms with E-state index in [9.17, 15) is 19.7 Å². The van der Waals surface area contributed by atoms with Gasteiger partial charge in [0.15, 0.2) is 6.61 Å². The average Bonchev–Trinajstić information content (AvgIpc) is 3.52. The molecule has 1 aliphatic rings. The summed E-state index contributed by atoms with van der Waals surface area (Å²) in [6, 6.07) is 11.1. The Morgan fingerprint density at radius 3 is 2.52 bits per heavy atom. The van der Waals surface area contributed by atoms with Gasteiger partial charge < -0.3 is 20.7 Å². The maximum Gasteiger partial charge on any atom is 0.293 e. The van der Waals surface area contributed by atoms with Crippen LogP contribution >= 0.6 is 0 Å². The molecule has 0 unspecified atom stereocenters. The summed E-state index contributed by atoms with van der Waals surface area (Å²) in [6.07, 6.45) is 1.98. The lowest BCUT2D eigenvalue weighted by Crippen LogP contribution is -2.28. The van der Waals surface area contributed by atoms with E-state index in [2.05, 4.69) is 16.0 Å². The summed E-state index contributed by atoms with van der Waals surface area (Å²) in [6.45, 7) is 2.26. The molecule has 2 amide bonds. The number of hydrogen-bond donors (Lipinski definition) is 3. The fourth-order valence-electron chi connectivity index (χ4n) is 2.63. The predicted molar refractivity (Wildman–Crippen MR) is 108 cm³/mol. The van der Waals surface area contributed by atoms with E-state index in [0.29, 0.717) is 23.7 Å². The second-order valence-corrected chi connectivity index (χ2v) is 6.63. The van der Waals surface area contributed by atoms with E-state index in [1.807, 2.05) is 6.92 Å². The van der Waals surface area contributed by atoms with Gasteiger partial charge in [-0.15, -0.1) is 0 Å². The normalized spacial score (nSPS) is 12.7. The zero-order valence-corrected chi connectivity index (χ0v) is 15.9. The maximum absolute atomic E-state index is 12.5. The van der Waals surface area contributed by atoms with Gasteiger partial charge in [0.05, 0.1) is 4.92 Å². The largest absolute Gasteiger partial charge is 0.484 e. The van der Waals surface area contributed by atoms with Crippen molar-refractivity contribution >= 4 is 28.9 Å². The Morgan fingerprint density at radius 1 is 1.17 bits per heavy atom. The highest BCUT2D eigenvalue weighted by Gasteiger charge is 2.25. The lowest BCUT2D eigenvalue weighted by atomic mass is 10.1. The van der Waals surface area contributed by atoms with E-state index in [-0.39, 0.29) is 29.8 Å². The minimum atomic E-state index is -0.498. The molecule has 0 atom stereocenters. The van der Waals surface area contributed by atoms with Crippen molar-refractivity contribution in [3.05, 3.63) is 58.1 Å². The van der Waals surface area contributed by atoms with Gasteiger partial charge in [-0.05, 0) is 56.2 Å². The molecule has 1 aliphatic carbocycles. The van der Waals surface area contributed by atoms with Crippen molar-refractivity contribution in [2.24, 2.45) is 0 Å². The molecule has 152 valence electrons. The summed E-state index contributed by atoms with van der Waals surface area (Å²) >= 11 is 0. The first kappa shape index (κ1) is 20.1. The highest BCUT2D eigenvalue weighted by molar-refractivity contribution is 6.05. The topological polar surface area (TPSA) is 123 Å². The zero-order chi connectivity index (χ0) is 20.8. The van der Waals surface area contributed by atoms with Crippen LogP contribution in [0.25, 0.3) is 0 Å². The number of ether oxygens (including phenoxy) is 1. The highest BCUT2D eigenvalue weighted by Crippen LogP contribution is 2.31. The molecule has 0 radical (unpaired) electrons.